The summed E-state index contributed by atoms with van der Waals surface area (Å²) in [4.78, 5) is 13.8. The van der Waals surface area contributed by atoms with Crippen LogP contribution in [0.4, 0.5) is 0 Å². The fraction of sp³-hybridized carbons (Fsp3) is 0.417. The molecule has 0 spiro atoms. The third-order valence-corrected chi connectivity index (χ3v) is 4.07. The van der Waals surface area contributed by atoms with Gasteiger partial charge >= 0.3 is 0 Å². The van der Waals surface area contributed by atoms with Gasteiger partial charge in [-0.1, -0.05) is 0 Å². The van der Waals surface area contributed by atoms with E-state index in [0.717, 1.165) is 5.75 Å². The van der Waals surface area contributed by atoms with E-state index in [0.29, 0.717) is 10.0 Å². The number of hydrogen-bond donors (Lipinski definition) is 1. The molecule has 5 heteroatoms. The number of rotatable bonds is 4. The second kappa shape index (κ2) is 6.31. The molecule has 0 aliphatic heterocycles. The number of phenolic OH excluding ortho intramolecular Hbond substituents is 1. The molecule has 1 atom stereocenters. The molecule has 3 nitrogen and oxygen atoms in total. The number of phenols is 1. The van der Waals surface area contributed by atoms with Gasteiger partial charge < -0.3 is 10.0 Å². The van der Waals surface area contributed by atoms with Gasteiger partial charge in [-0.2, -0.15) is 11.8 Å². The average molecular weight is 318 g/mol. The number of hydrogen-bond acceptors (Lipinski definition) is 3. The van der Waals surface area contributed by atoms with Gasteiger partial charge in [0, 0.05) is 24.4 Å². The highest BCUT2D eigenvalue weighted by molar-refractivity contribution is 9.10. The highest BCUT2D eigenvalue weighted by atomic mass is 79.9. The number of carbonyl (C=O) groups is 1. The highest BCUT2D eigenvalue weighted by Gasteiger charge is 2.17. The molecular formula is C12H16BrNO2S. The third kappa shape index (κ3) is 3.64. The number of thioether (sulfide) groups is 1. The summed E-state index contributed by atoms with van der Waals surface area (Å²) in [5.74, 6) is 0.904. The Morgan fingerprint density at radius 3 is 2.76 bits per heavy atom. The van der Waals surface area contributed by atoms with E-state index in [-0.39, 0.29) is 17.7 Å². The van der Waals surface area contributed by atoms with E-state index in [4.69, 9.17) is 0 Å². The smallest absolute Gasteiger partial charge is 0.253 e. The minimum absolute atomic E-state index is 0.0747. The average Bonchev–Trinajstić information content (AvgIpc) is 2.31. The van der Waals surface area contributed by atoms with Gasteiger partial charge in [0.25, 0.3) is 5.91 Å². The zero-order valence-electron chi connectivity index (χ0n) is 10.1. The molecule has 0 aromatic heterocycles. The first kappa shape index (κ1) is 14.4. The molecule has 1 aromatic rings. The summed E-state index contributed by atoms with van der Waals surface area (Å²) in [6, 6.07) is 5.03. The van der Waals surface area contributed by atoms with Gasteiger partial charge in [0.05, 0.1) is 4.47 Å². The topological polar surface area (TPSA) is 40.5 Å². The molecule has 0 saturated carbocycles. The molecule has 17 heavy (non-hydrogen) atoms. The van der Waals surface area contributed by atoms with E-state index < -0.39 is 0 Å². The maximum atomic E-state index is 12.1. The summed E-state index contributed by atoms with van der Waals surface area (Å²) < 4.78 is 0.592. The summed E-state index contributed by atoms with van der Waals surface area (Å²) >= 11 is 4.90. The molecular weight excluding hydrogens is 302 g/mol. The van der Waals surface area contributed by atoms with E-state index >= 15 is 0 Å². The lowest BCUT2D eigenvalue weighted by molar-refractivity contribution is 0.0757. The van der Waals surface area contributed by atoms with Gasteiger partial charge in [0.1, 0.15) is 5.75 Å². The first-order valence-corrected chi connectivity index (χ1v) is 7.40. The Balaban J connectivity index is 2.85. The summed E-state index contributed by atoms with van der Waals surface area (Å²) in [6.07, 6.45) is 2.01. The Labute approximate surface area is 114 Å². The lowest BCUT2D eigenvalue weighted by Crippen LogP contribution is -2.36. The largest absolute Gasteiger partial charge is 0.507 e. The fourth-order valence-corrected chi connectivity index (χ4v) is 2.36. The van der Waals surface area contributed by atoms with Crippen LogP contribution in [0.3, 0.4) is 0 Å². The Morgan fingerprint density at radius 2 is 2.24 bits per heavy atom. The summed E-state index contributed by atoms with van der Waals surface area (Å²) in [7, 11) is 1.78. The number of nitrogens with zero attached hydrogens (tertiary/aromatic N) is 1. The van der Waals surface area contributed by atoms with Crippen LogP contribution in [0.5, 0.6) is 5.75 Å². The number of carbonyl (C=O) groups excluding carboxylic acids is 1. The number of aromatic hydroxyl groups is 1. The maximum absolute atomic E-state index is 12.1. The predicted molar refractivity (Wildman–Crippen MR) is 75.7 cm³/mol. The van der Waals surface area contributed by atoms with Gasteiger partial charge in [-0.3, -0.25) is 4.79 Å². The van der Waals surface area contributed by atoms with Crippen LogP contribution in [0.25, 0.3) is 0 Å². The predicted octanol–water partition coefficient (Wildman–Crippen LogP) is 2.98. The van der Waals surface area contributed by atoms with Crippen molar-refractivity contribution in [2.45, 2.75) is 13.0 Å². The molecule has 1 amide bonds. The van der Waals surface area contributed by atoms with Crippen molar-refractivity contribution in [2.75, 3.05) is 19.1 Å². The van der Waals surface area contributed by atoms with Crippen molar-refractivity contribution in [3.8, 4) is 5.75 Å². The Bertz CT molecular complexity index is 411. The lowest BCUT2D eigenvalue weighted by atomic mass is 10.1. The zero-order chi connectivity index (χ0) is 13.0. The molecule has 94 valence electrons. The Kier molecular flexibility index (Phi) is 5.33. The fourth-order valence-electron chi connectivity index (χ4n) is 1.40. The monoisotopic (exact) mass is 317 g/mol. The van der Waals surface area contributed by atoms with E-state index in [9.17, 15) is 9.90 Å². The first-order valence-electron chi connectivity index (χ1n) is 5.22. The van der Waals surface area contributed by atoms with Crippen LogP contribution >= 0.6 is 27.7 Å². The normalized spacial score (nSPS) is 12.2. The van der Waals surface area contributed by atoms with Crippen LogP contribution in [0.15, 0.2) is 22.7 Å². The molecule has 0 saturated heterocycles. The van der Waals surface area contributed by atoms with Crippen molar-refractivity contribution in [3.05, 3.63) is 28.2 Å². The highest BCUT2D eigenvalue weighted by Crippen LogP contribution is 2.25. The SMILES string of the molecule is CSCC(C)N(C)C(=O)c1ccc(Br)c(O)c1. The minimum atomic E-state index is -0.0747. The molecule has 0 bridgehead atoms. The van der Waals surface area contributed by atoms with Crippen LogP contribution in [0.2, 0.25) is 0 Å². The number of amides is 1. The number of halogens is 1. The molecule has 0 aliphatic rings. The van der Waals surface area contributed by atoms with E-state index in [1.54, 1.807) is 35.8 Å². The zero-order valence-corrected chi connectivity index (χ0v) is 12.5. The third-order valence-electron chi connectivity index (χ3n) is 2.58. The molecule has 0 radical (unpaired) electrons. The Hall–Kier alpha value is -0.680. The summed E-state index contributed by atoms with van der Waals surface area (Å²) in [5, 5.41) is 9.55. The summed E-state index contributed by atoms with van der Waals surface area (Å²) in [6.45, 7) is 2.01. The Morgan fingerprint density at radius 1 is 1.59 bits per heavy atom. The summed E-state index contributed by atoms with van der Waals surface area (Å²) in [5.41, 5.74) is 0.501. The van der Waals surface area contributed by atoms with E-state index in [2.05, 4.69) is 15.9 Å². The van der Waals surface area contributed by atoms with E-state index in [1.165, 1.54) is 6.07 Å². The molecule has 1 unspecified atom stereocenters. The van der Waals surface area contributed by atoms with Gasteiger partial charge in [0.2, 0.25) is 0 Å². The minimum Gasteiger partial charge on any atom is -0.507 e. The van der Waals surface area contributed by atoms with Crippen molar-refractivity contribution in [2.24, 2.45) is 0 Å². The van der Waals surface area contributed by atoms with Gasteiger partial charge in [-0.25, -0.2) is 0 Å². The standard InChI is InChI=1S/C12H16BrNO2S/c1-8(7-17-3)14(2)12(16)9-4-5-10(13)11(15)6-9/h4-6,8,15H,7H2,1-3H3. The van der Waals surface area contributed by atoms with Crippen molar-refractivity contribution in [3.63, 3.8) is 0 Å². The van der Waals surface area contributed by atoms with Crippen LogP contribution in [-0.2, 0) is 0 Å². The second-order valence-electron chi connectivity index (χ2n) is 3.89. The maximum Gasteiger partial charge on any atom is 0.253 e. The molecule has 0 heterocycles. The van der Waals surface area contributed by atoms with Crippen molar-refractivity contribution < 1.29 is 9.90 Å². The van der Waals surface area contributed by atoms with Gasteiger partial charge in [-0.05, 0) is 47.3 Å². The number of benzene rings is 1. The van der Waals surface area contributed by atoms with Crippen LogP contribution in [0.1, 0.15) is 17.3 Å². The van der Waals surface area contributed by atoms with Crippen molar-refractivity contribution >= 4 is 33.6 Å². The molecule has 0 fully saturated rings. The molecule has 1 rings (SSSR count). The molecule has 1 N–H and O–H groups in total. The second-order valence-corrected chi connectivity index (χ2v) is 5.65. The molecule has 0 aliphatic carbocycles. The lowest BCUT2D eigenvalue weighted by Gasteiger charge is -2.24. The van der Waals surface area contributed by atoms with E-state index in [1.807, 2.05) is 13.2 Å². The van der Waals surface area contributed by atoms with Crippen LogP contribution in [-0.4, -0.2) is 41.0 Å². The quantitative estimate of drug-likeness (QED) is 0.928. The molecule has 1 aromatic carbocycles. The van der Waals surface area contributed by atoms with Crippen molar-refractivity contribution in [1.29, 1.82) is 0 Å². The van der Waals surface area contributed by atoms with Gasteiger partial charge in [-0.15, -0.1) is 0 Å². The van der Waals surface area contributed by atoms with Crippen molar-refractivity contribution in [1.82, 2.24) is 4.90 Å². The van der Waals surface area contributed by atoms with Crippen LogP contribution in [0, 0.1) is 0 Å². The first-order chi connectivity index (χ1) is 7.97. The van der Waals surface area contributed by atoms with Crippen LogP contribution < -0.4 is 0 Å². The van der Waals surface area contributed by atoms with Gasteiger partial charge in [0.15, 0.2) is 0 Å².